The Morgan fingerprint density at radius 2 is 1.75 bits per heavy atom. The average Bonchev–Trinajstić information content (AvgIpc) is 1.59. The third-order valence-corrected chi connectivity index (χ3v) is 0.739. The van der Waals surface area contributed by atoms with Crippen LogP contribution in [0, 0.1) is 5.41 Å². The van der Waals surface area contributed by atoms with Crippen LogP contribution in [0.25, 0.3) is 0 Å². The van der Waals surface area contributed by atoms with E-state index < -0.39 is 0 Å². The SMILES string of the molecule is CCOCC(C)(C)C. The molecule has 8 heavy (non-hydrogen) atoms. The normalized spacial score (nSPS) is 12.0. The molecule has 0 saturated carbocycles. The maximum absolute atomic E-state index is 5.20. The van der Waals surface area contributed by atoms with Gasteiger partial charge in [-0.05, 0) is 12.3 Å². The summed E-state index contributed by atoms with van der Waals surface area (Å²) in [5.74, 6) is 0. The van der Waals surface area contributed by atoms with E-state index in [1.807, 2.05) is 6.92 Å². The van der Waals surface area contributed by atoms with Crippen molar-refractivity contribution >= 4 is 0 Å². The van der Waals surface area contributed by atoms with Gasteiger partial charge in [0.25, 0.3) is 0 Å². The lowest BCUT2D eigenvalue weighted by Crippen LogP contribution is -2.14. The van der Waals surface area contributed by atoms with Crippen LogP contribution in [0.3, 0.4) is 0 Å². The Bertz CT molecular complexity index is 51.9. The minimum absolute atomic E-state index is 0.329. The molecule has 0 aromatic rings. The summed E-state index contributed by atoms with van der Waals surface area (Å²) in [5, 5.41) is 0. The van der Waals surface area contributed by atoms with Gasteiger partial charge in [0.1, 0.15) is 0 Å². The van der Waals surface area contributed by atoms with Gasteiger partial charge >= 0.3 is 0 Å². The third-order valence-electron chi connectivity index (χ3n) is 0.739. The van der Waals surface area contributed by atoms with Gasteiger partial charge in [0.2, 0.25) is 0 Å². The minimum atomic E-state index is 0.329. The van der Waals surface area contributed by atoms with Crippen molar-refractivity contribution in [1.82, 2.24) is 0 Å². The summed E-state index contributed by atoms with van der Waals surface area (Å²) in [4.78, 5) is 0. The van der Waals surface area contributed by atoms with E-state index >= 15 is 0 Å². The molecule has 50 valence electrons. The number of ether oxygens (including phenoxy) is 1. The molecule has 1 nitrogen and oxygen atoms in total. The molecular weight excluding hydrogens is 100 g/mol. The number of rotatable bonds is 2. The van der Waals surface area contributed by atoms with Crippen molar-refractivity contribution in [3.8, 4) is 0 Å². The molecule has 0 aromatic carbocycles. The van der Waals surface area contributed by atoms with Crippen molar-refractivity contribution in [3.05, 3.63) is 0 Å². The highest BCUT2D eigenvalue weighted by Crippen LogP contribution is 2.12. The van der Waals surface area contributed by atoms with Gasteiger partial charge in [0.15, 0.2) is 0 Å². The molecule has 0 radical (unpaired) electrons. The lowest BCUT2D eigenvalue weighted by molar-refractivity contribution is 0.0805. The predicted molar refractivity (Wildman–Crippen MR) is 35.9 cm³/mol. The van der Waals surface area contributed by atoms with Gasteiger partial charge in [0, 0.05) is 6.61 Å². The smallest absolute Gasteiger partial charge is 0.0514 e. The second-order valence-corrected chi connectivity index (χ2v) is 3.20. The first kappa shape index (κ1) is 7.96. The van der Waals surface area contributed by atoms with Gasteiger partial charge in [-0.1, -0.05) is 20.8 Å². The van der Waals surface area contributed by atoms with Gasteiger partial charge in [-0.25, -0.2) is 0 Å². The van der Waals surface area contributed by atoms with Crippen molar-refractivity contribution in [1.29, 1.82) is 0 Å². The minimum Gasteiger partial charge on any atom is -0.381 e. The van der Waals surface area contributed by atoms with Crippen LogP contribution >= 0.6 is 0 Å². The van der Waals surface area contributed by atoms with E-state index in [1.54, 1.807) is 0 Å². The number of hydrogen-bond donors (Lipinski definition) is 0. The summed E-state index contributed by atoms with van der Waals surface area (Å²) in [5.41, 5.74) is 0.329. The second-order valence-electron chi connectivity index (χ2n) is 3.20. The van der Waals surface area contributed by atoms with E-state index in [4.69, 9.17) is 4.74 Å². The molecule has 0 heterocycles. The zero-order chi connectivity index (χ0) is 6.62. The first-order valence-corrected chi connectivity index (χ1v) is 3.14. The predicted octanol–water partition coefficient (Wildman–Crippen LogP) is 2.07. The summed E-state index contributed by atoms with van der Waals surface area (Å²) in [6.45, 7) is 10.2. The van der Waals surface area contributed by atoms with Gasteiger partial charge in [0.05, 0.1) is 6.61 Å². The molecule has 0 aliphatic rings. The fourth-order valence-corrected chi connectivity index (χ4v) is 0.408. The summed E-state index contributed by atoms with van der Waals surface area (Å²) >= 11 is 0. The number of hydrogen-bond acceptors (Lipinski definition) is 1. The van der Waals surface area contributed by atoms with Crippen LogP contribution in [0.15, 0.2) is 0 Å². The Kier molecular flexibility index (Phi) is 3.06. The fourth-order valence-electron chi connectivity index (χ4n) is 0.408. The molecule has 0 bridgehead atoms. The first-order chi connectivity index (χ1) is 3.56. The highest BCUT2D eigenvalue weighted by atomic mass is 16.5. The monoisotopic (exact) mass is 116 g/mol. The fraction of sp³-hybridized carbons (Fsp3) is 1.00. The molecule has 0 rings (SSSR count). The van der Waals surface area contributed by atoms with Crippen LogP contribution in [0.5, 0.6) is 0 Å². The van der Waals surface area contributed by atoms with Crippen LogP contribution in [0.4, 0.5) is 0 Å². The van der Waals surface area contributed by atoms with E-state index in [0.717, 1.165) is 13.2 Å². The third kappa shape index (κ3) is 5.96. The van der Waals surface area contributed by atoms with Gasteiger partial charge in [-0.15, -0.1) is 0 Å². The maximum Gasteiger partial charge on any atom is 0.0514 e. The van der Waals surface area contributed by atoms with Crippen molar-refractivity contribution < 1.29 is 4.74 Å². The zero-order valence-electron chi connectivity index (χ0n) is 6.32. The average molecular weight is 116 g/mol. The Labute approximate surface area is 52.0 Å². The lowest BCUT2D eigenvalue weighted by atomic mass is 9.99. The molecule has 0 unspecified atom stereocenters. The Balaban J connectivity index is 3.11. The summed E-state index contributed by atoms with van der Waals surface area (Å²) < 4.78 is 5.20. The molecule has 0 atom stereocenters. The molecule has 0 aliphatic carbocycles. The summed E-state index contributed by atoms with van der Waals surface area (Å²) in [7, 11) is 0. The molecule has 0 spiro atoms. The summed E-state index contributed by atoms with van der Waals surface area (Å²) in [6.07, 6.45) is 0. The molecular formula is C7H16O. The molecule has 0 aromatic heterocycles. The largest absolute Gasteiger partial charge is 0.381 e. The topological polar surface area (TPSA) is 9.23 Å². The van der Waals surface area contributed by atoms with Crippen molar-refractivity contribution in [3.63, 3.8) is 0 Å². The van der Waals surface area contributed by atoms with Gasteiger partial charge in [-0.2, -0.15) is 0 Å². The van der Waals surface area contributed by atoms with Crippen molar-refractivity contribution in [2.45, 2.75) is 27.7 Å². The first-order valence-electron chi connectivity index (χ1n) is 3.14. The van der Waals surface area contributed by atoms with Crippen LogP contribution in [0.1, 0.15) is 27.7 Å². The summed E-state index contributed by atoms with van der Waals surface area (Å²) in [6, 6.07) is 0. The molecule has 0 amide bonds. The molecule has 0 saturated heterocycles. The highest BCUT2D eigenvalue weighted by molar-refractivity contribution is 4.57. The molecule has 1 heteroatoms. The Morgan fingerprint density at radius 1 is 1.25 bits per heavy atom. The molecule has 0 aliphatic heterocycles. The van der Waals surface area contributed by atoms with Crippen LogP contribution < -0.4 is 0 Å². The standard InChI is InChI=1S/C7H16O/c1-5-8-6-7(2,3)4/h5-6H2,1-4H3. The highest BCUT2D eigenvalue weighted by Gasteiger charge is 2.08. The quantitative estimate of drug-likeness (QED) is 0.536. The van der Waals surface area contributed by atoms with E-state index in [-0.39, 0.29) is 0 Å². The van der Waals surface area contributed by atoms with Crippen LogP contribution in [-0.4, -0.2) is 13.2 Å². The van der Waals surface area contributed by atoms with E-state index in [2.05, 4.69) is 20.8 Å². The van der Waals surface area contributed by atoms with Crippen LogP contribution in [0.2, 0.25) is 0 Å². The zero-order valence-corrected chi connectivity index (χ0v) is 6.32. The van der Waals surface area contributed by atoms with Gasteiger partial charge in [-0.3, -0.25) is 0 Å². The molecule has 0 fully saturated rings. The Morgan fingerprint density at radius 3 is 1.88 bits per heavy atom. The maximum atomic E-state index is 5.20. The van der Waals surface area contributed by atoms with E-state index in [9.17, 15) is 0 Å². The lowest BCUT2D eigenvalue weighted by Gasteiger charge is -2.16. The van der Waals surface area contributed by atoms with Crippen molar-refractivity contribution in [2.75, 3.05) is 13.2 Å². The van der Waals surface area contributed by atoms with E-state index in [0.29, 0.717) is 5.41 Å². The van der Waals surface area contributed by atoms with Gasteiger partial charge < -0.3 is 4.74 Å². The van der Waals surface area contributed by atoms with Crippen LogP contribution in [-0.2, 0) is 4.74 Å². The second kappa shape index (κ2) is 3.08. The van der Waals surface area contributed by atoms with Crippen molar-refractivity contribution in [2.24, 2.45) is 5.41 Å². The Hall–Kier alpha value is -0.0400. The van der Waals surface area contributed by atoms with E-state index in [1.165, 1.54) is 0 Å². The molecule has 0 N–H and O–H groups in total.